The van der Waals surface area contributed by atoms with Gasteiger partial charge in [0.1, 0.15) is 11.4 Å². The molecular weight excluding hydrogens is 306 g/mol. The van der Waals surface area contributed by atoms with E-state index in [0.717, 1.165) is 23.4 Å². The van der Waals surface area contributed by atoms with Crippen molar-refractivity contribution in [2.24, 2.45) is 0 Å². The number of rotatable bonds is 2. The van der Waals surface area contributed by atoms with Crippen molar-refractivity contribution >= 4 is 23.0 Å². The molecule has 0 saturated carbocycles. The normalized spacial score (nSPS) is 18.5. The molecule has 5 heteroatoms. The summed E-state index contributed by atoms with van der Waals surface area (Å²) in [7, 11) is 0. The molecular formula is C18H21N3OS. The molecule has 1 atom stereocenters. The van der Waals surface area contributed by atoms with Crippen LogP contribution in [0.1, 0.15) is 37.4 Å². The zero-order chi connectivity index (χ0) is 16.4. The third kappa shape index (κ3) is 3.79. The largest absolute Gasteiger partial charge is 0.487 e. The fourth-order valence-electron chi connectivity index (χ4n) is 2.86. The number of benzene rings is 1. The first-order valence-corrected chi connectivity index (χ1v) is 8.11. The molecule has 0 spiro atoms. The Balaban J connectivity index is 1.79. The van der Waals surface area contributed by atoms with Crippen molar-refractivity contribution in [2.75, 3.05) is 5.32 Å². The second kappa shape index (κ2) is 6.16. The highest BCUT2D eigenvalue weighted by atomic mass is 32.1. The van der Waals surface area contributed by atoms with Crippen LogP contribution in [0.2, 0.25) is 0 Å². The molecule has 2 aromatic rings. The van der Waals surface area contributed by atoms with Crippen LogP contribution in [-0.4, -0.2) is 15.7 Å². The molecule has 0 bridgehead atoms. The van der Waals surface area contributed by atoms with Gasteiger partial charge in [-0.1, -0.05) is 17.7 Å². The van der Waals surface area contributed by atoms with E-state index < -0.39 is 0 Å². The van der Waals surface area contributed by atoms with Gasteiger partial charge >= 0.3 is 0 Å². The van der Waals surface area contributed by atoms with Crippen LogP contribution in [0.4, 0.5) is 5.69 Å². The van der Waals surface area contributed by atoms with Gasteiger partial charge in [-0.05, 0) is 51.2 Å². The summed E-state index contributed by atoms with van der Waals surface area (Å²) in [5.41, 5.74) is 3.01. The average molecular weight is 327 g/mol. The first kappa shape index (κ1) is 15.7. The van der Waals surface area contributed by atoms with Gasteiger partial charge in [0, 0.05) is 18.2 Å². The van der Waals surface area contributed by atoms with Gasteiger partial charge in [0.05, 0.1) is 17.9 Å². The summed E-state index contributed by atoms with van der Waals surface area (Å²) in [5, 5.41) is 7.19. The van der Waals surface area contributed by atoms with Gasteiger partial charge in [-0.15, -0.1) is 0 Å². The first-order chi connectivity index (χ1) is 10.9. The molecule has 0 radical (unpaired) electrons. The van der Waals surface area contributed by atoms with Gasteiger partial charge in [0.2, 0.25) is 0 Å². The molecule has 120 valence electrons. The van der Waals surface area contributed by atoms with Gasteiger partial charge in [-0.25, -0.2) is 0 Å². The summed E-state index contributed by atoms with van der Waals surface area (Å²) in [6.45, 7) is 6.29. The van der Waals surface area contributed by atoms with Crippen molar-refractivity contribution in [3.63, 3.8) is 0 Å². The fraction of sp³-hybridized carbons (Fsp3) is 0.333. The summed E-state index contributed by atoms with van der Waals surface area (Å²) in [6, 6.07) is 10.2. The van der Waals surface area contributed by atoms with E-state index in [0.29, 0.717) is 5.11 Å². The SMILES string of the molecule is Cc1ccc2c(c1)[C@@H](NC(=S)Nc1cccnc1)CC(C)(C)O2. The molecule has 1 aliphatic heterocycles. The number of hydrogen-bond donors (Lipinski definition) is 2. The van der Waals surface area contributed by atoms with Crippen LogP contribution in [0, 0.1) is 6.92 Å². The highest BCUT2D eigenvalue weighted by Crippen LogP contribution is 2.39. The lowest BCUT2D eigenvalue weighted by Crippen LogP contribution is -2.42. The number of pyridine rings is 1. The van der Waals surface area contributed by atoms with E-state index in [1.165, 1.54) is 5.56 Å². The van der Waals surface area contributed by atoms with E-state index >= 15 is 0 Å². The van der Waals surface area contributed by atoms with E-state index in [-0.39, 0.29) is 11.6 Å². The lowest BCUT2D eigenvalue weighted by Gasteiger charge is -2.38. The van der Waals surface area contributed by atoms with Crippen molar-refractivity contribution in [3.05, 3.63) is 53.9 Å². The Morgan fingerprint density at radius 3 is 2.91 bits per heavy atom. The Morgan fingerprint density at radius 1 is 1.35 bits per heavy atom. The van der Waals surface area contributed by atoms with Gasteiger partial charge in [-0.2, -0.15) is 0 Å². The van der Waals surface area contributed by atoms with Crippen molar-refractivity contribution in [2.45, 2.75) is 38.8 Å². The molecule has 1 aromatic heterocycles. The number of hydrogen-bond acceptors (Lipinski definition) is 3. The fourth-order valence-corrected chi connectivity index (χ4v) is 3.13. The van der Waals surface area contributed by atoms with Crippen LogP contribution in [0.15, 0.2) is 42.7 Å². The summed E-state index contributed by atoms with van der Waals surface area (Å²) < 4.78 is 6.09. The van der Waals surface area contributed by atoms with Crippen molar-refractivity contribution < 1.29 is 4.74 Å². The number of nitrogens with one attached hydrogen (secondary N) is 2. The molecule has 0 unspecified atom stereocenters. The molecule has 23 heavy (non-hydrogen) atoms. The zero-order valence-corrected chi connectivity index (χ0v) is 14.4. The quantitative estimate of drug-likeness (QED) is 0.817. The van der Waals surface area contributed by atoms with Crippen LogP contribution in [0.5, 0.6) is 5.75 Å². The minimum absolute atomic E-state index is 0.116. The summed E-state index contributed by atoms with van der Waals surface area (Å²) in [6.07, 6.45) is 4.33. The molecule has 4 nitrogen and oxygen atoms in total. The summed E-state index contributed by atoms with van der Waals surface area (Å²) in [4.78, 5) is 4.09. The molecule has 0 fully saturated rings. The minimum atomic E-state index is -0.232. The topological polar surface area (TPSA) is 46.2 Å². The van der Waals surface area contributed by atoms with E-state index in [4.69, 9.17) is 17.0 Å². The molecule has 1 aliphatic rings. The van der Waals surface area contributed by atoms with Gasteiger partial charge in [-0.3, -0.25) is 4.98 Å². The van der Waals surface area contributed by atoms with Crippen molar-refractivity contribution in [1.29, 1.82) is 0 Å². The van der Waals surface area contributed by atoms with Gasteiger partial charge in [0.25, 0.3) is 0 Å². The number of ether oxygens (including phenoxy) is 1. The maximum absolute atomic E-state index is 6.09. The van der Waals surface area contributed by atoms with Crippen LogP contribution in [0.3, 0.4) is 0 Å². The number of thiocarbonyl (C=S) groups is 1. The molecule has 1 aromatic carbocycles. The van der Waals surface area contributed by atoms with Crippen LogP contribution < -0.4 is 15.4 Å². The third-order valence-electron chi connectivity index (χ3n) is 3.85. The van der Waals surface area contributed by atoms with E-state index in [1.54, 1.807) is 12.4 Å². The Kier molecular flexibility index (Phi) is 4.22. The predicted molar refractivity (Wildman–Crippen MR) is 96.8 cm³/mol. The first-order valence-electron chi connectivity index (χ1n) is 7.70. The van der Waals surface area contributed by atoms with Gasteiger partial charge < -0.3 is 15.4 Å². The van der Waals surface area contributed by atoms with Gasteiger partial charge in [0.15, 0.2) is 5.11 Å². The second-order valence-electron chi connectivity index (χ2n) is 6.50. The number of aryl methyl sites for hydroxylation is 1. The van der Waals surface area contributed by atoms with Crippen molar-refractivity contribution in [1.82, 2.24) is 10.3 Å². The molecule has 2 heterocycles. The zero-order valence-electron chi connectivity index (χ0n) is 13.6. The Hall–Kier alpha value is -2.14. The Bertz CT molecular complexity index is 715. The maximum Gasteiger partial charge on any atom is 0.171 e. The average Bonchev–Trinajstić information content (AvgIpc) is 2.48. The van der Waals surface area contributed by atoms with Crippen LogP contribution in [-0.2, 0) is 0 Å². The van der Waals surface area contributed by atoms with E-state index in [9.17, 15) is 0 Å². The van der Waals surface area contributed by atoms with Crippen LogP contribution >= 0.6 is 12.2 Å². The molecule has 0 amide bonds. The number of anilines is 1. The number of aromatic nitrogens is 1. The number of fused-ring (bicyclic) bond motifs is 1. The molecule has 0 aliphatic carbocycles. The monoisotopic (exact) mass is 327 g/mol. The minimum Gasteiger partial charge on any atom is -0.487 e. The lowest BCUT2D eigenvalue weighted by molar-refractivity contribution is 0.0696. The lowest BCUT2D eigenvalue weighted by atomic mass is 9.89. The summed E-state index contributed by atoms with van der Waals surface area (Å²) >= 11 is 5.46. The molecule has 0 saturated heterocycles. The Morgan fingerprint density at radius 2 is 2.17 bits per heavy atom. The Labute approximate surface area is 142 Å². The number of nitrogens with zero attached hydrogens (tertiary/aromatic N) is 1. The second-order valence-corrected chi connectivity index (χ2v) is 6.91. The molecule has 3 rings (SSSR count). The van der Waals surface area contributed by atoms with Crippen LogP contribution in [0.25, 0.3) is 0 Å². The van der Waals surface area contributed by atoms with Crippen molar-refractivity contribution in [3.8, 4) is 5.75 Å². The highest BCUT2D eigenvalue weighted by molar-refractivity contribution is 7.80. The maximum atomic E-state index is 6.09. The third-order valence-corrected chi connectivity index (χ3v) is 4.07. The van der Waals surface area contributed by atoms with E-state index in [2.05, 4.69) is 48.5 Å². The smallest absolute Gasteiger partial charge is 0.171 e. The van der Waals surface area contributed by atoms with E-state index in [1.807, 2.05) is 18.2 Å². The highest BCUT2D eigenvalue weighted by Gasteiger charge is 2.34. The summed E-state index contributed by atoms with van der Waals surface area (Å²) in [5.74, 6) is 0.925. The standard InChI is InChI=1S/C18H21N3OS/c1-12-6-7-16-14(9-12)15(10-18(2,3)22-16)21-17(23)20-13-5-4-8-19-11-13/h4-9,11,15H,10H2,1-3H3,(H2,20,21,23)/t15-/m0/s1. The molecule has 2 N–H and O–H groups in total. The predicted octanol–water partition coefficient (Wildman–Crippen LogP) is 3.98.